The fraction of sp³-hybridized carbons (Fsp3) is 0.143. The number of carbonyl (C=O) groups is 1. The first-order chi connectivity index (χ1) is 7.84. The van der Waals surface area contributed by atoms with Gasteiger partial charge in [0.1, 0.15) is 0 Å². The van der Waals surface area contributed by atoms with E-state index in [1.54, 1.807) is 12.4 Å². The Balaban J connectivity index is 2.09. The van der Waals surface area contributed by atoms with Gasteiger partial charge in [-0.3, -0.25) is 9.78 Å². The zero-order chi connectivity index (χ0) is 11.0. The number of nitrogens with zero attached hydrogens (tertiary/aromatic N) is 1. The third-order valence-corrected chi connectivity index (χ3v) is 3.04. The van der Waals surface area contributed by atoms with Crippen molar-refractivity contribution in [2.24, 2.45) is 0 Å². The number of rotatable bonds is 1. The van der Waals surface area contributed by atoms with Crippen molar-refractivity contribution in [3.63, 3.8) is 0 Å². The van der Waals surface area contributed by atoms with Gasteiger partial charge in [0, 0.05) is 24.4 Å². The predicted molar refractivity (Wildman–Crippen MR) is 62.3 cm³/mol. The minimum atomic E-state index is 0.274. The second-order valence-corrected chi connectivity index (χ2v) is 4.03. The van der Waals surface area contributed by atoms with Gasteiger partial charge < -0.3 is 0 Å². The van der Waals surface area contributed by atoms with Gasteiger partial charge in [-0.2, -0.15) is 0 Å². The number of fused-ring (bicyclic) bond motifs is 1. The lowest BCUT2D eigenvalue weighted by Crippen LogP contribution is -1.90. The molecule has 2 aromatic rings. The molecule has 0 unspecified atom stereocenters. The van der Waals surface area contributed by atoms with Crippen molar-refractivity contribution >= 4 is 5.78 Å². The zero-order valence-corrected chi connectivity index (χ0v) is 8.81. The maximum Gasteiger partial charge on any atom is 0.163 e. The molecule has 1 aliphatic carbocycles. The van der Waals surface area contributed by atoms with E-state index in [4.69, 9.17) is 0 Å². The minimum Gasteiger partial charge on any atom is -0.294 e. The molecule has 1 heterocycles. The van der Waals surface area contributed by atoms with Crippen molar-refractivity contribution in [2.45, 2.75) is 12.8 Å². The molecular weight excluding hydrogens is 198 g/mol. The van der Waals surface area contributed by atoms with Crippen LogP contribution in [0.1, 0.15) is 22.3 Å². The van der Waals surface area contributed by atoms with Crippen molar-refractivity contribution < 1.29 is 4.79 Å². The quantitative estimate of drug-likeness (QED) is 0.722. The lowest BCUT2D eigenvalue weighted by Gasteiger charge is -2.03. The maximum atomic E-state index is 11.5. The molecule has 0 spiro atoms. The number of aromatic nitrogens is 1. The van der Waals surface area contributed by atoms with Gasteiger partial charge in [0.25, 0.3) is 0 Å². The first-order valence-corrected chi connectivity index (χ1v) is 5.41. The topological polar surface area (TPSA) is 30.0 Å². The smallest absolute Gasteiger partial charge is 0.163 e. The van der Waals surface area contributed by atoms with Crippen LogP contribution in [0.3, 0.4) is 0 Å². The molecule has 0 bridgehead atoms. The van der Waals surface area contributed by atoms with Crippen LogP contribution >= 0.6 is 0 Å². The van der Waals surface area contributed by atoms with E-state index >= 15 is 0 Å². The summed E-state index contributed by atoms with van der Waals surface area (Å²) >= 11 is 0. The van der Waals surface area contributed by atoms with Gasteiger partial charge in [-0.15, -0.1) is 0 Å². The lowest BCUT2D eigenvalue weighted by molar-refractivity contribution is 0.0994. The van der Waals surface area contributed by atoms with Crippen LogP contribution in [0.4, 0.5) is 0 Å². The summed E-state index contributed by atoms with van der Waals surface area (Å²) in [6.07, 6.45) is 5.11. The second-order valence-electron chi connectivity index (χ2n) is 4.03. The zero-order valence-electron chi connectivity index (χ0n) is 8.81. The van der Waals surface area contributed by atoms with Gasteiger partial charge in [-0.1, -0.05) is 18.2 Å². The van der Waals surface area contributed by atoms with Gasteiger partial charge in [-0.05, 0) is 35.2 Å². The van der Waals surface area contributed by atoms with Gasteiger partial charge in [0.15, 0.2) is 5.78 Å². The van der Waals surface area contributed by atoms with Crippen molar-refractivity contribution in [2.75, 3.05) is 0 Å². The van der Waals surface area contributed by atoms with Crippen LogP contribution in [0.5, 0.6) is 0 Å². The fourth-order valence-corrected chi connectivity index (χ4v) is 2.18. The molecule has 1 aromatic heterocycles. The van der Waals surface area contributed by atoms with Crippen LogP contribution in [0.15, 0.2) is 42.7 Å². The van der Waals surface area contributed by atoms with Crippen LogP contribution in [0.25, 0.3) is 11.1 Å². The van der Waals surface area contributed by atoms with Crippen LogP contribution < -0.4 is 0 Å². The number of hydrogen-bond acceptors (Lipinski definition) is 2. The molecule has 78 valence electrons. The van der Waals surface area contributed by atoms with Gasteiger partial charge in [-0.25, -0.2) is 0 Å². The van der Waals surface area contributed by atoms with E-state index in [1.165, 1.54) is 5.56 Å². The van der Waals surface area contributed by atoms with Gasteiger partial charge in [0.05, 0.1) is 0 Å². The summed E-state index contributed by atoms with van der Waals surface area (Å²) in [5, 5.41) is 0. The second kappa shape index (κ2) is 3.56. The number of benzene rings is 1. The van der Waals surface area contributed by atoms with E-state index in [0.717, 1.165) is 23.1 Å². The number of aryl methyl sites for hydroxylation is 1. The van der Waals surface area contributed by atoms with Gasteiger partial charge in [0.2, 0.25) is 0 Å². The van der Waals surface area contributed by atoms with Crippen LogP contribution in [0, 0.1) is 0 Å². The van der Waals surface area contributed by atoms with Crippen LogP contribution in [-0.2, 0) is 6.42 Å². The number of pyridine rings is 1. The Hall–Kier alpha value is -1.96. The highest BCUT2D eigenvalue weighted by molar-refractivity contribution is 6.00. The first-order valence-electron chi connectivity index (χ1n) is 5.41. The molecule has 0 fully saturated rings. The first kappa shape index (κ1) is 9.28. The number of hydrogen-bond donors (Lipinski definition) is 0. The molecule has 0 amide bonds. The number of ketones is 1. The molecule has 0 aliphatic heterocycles. The highest BCUT2D eigenvalue weighted by Crippen LogP contribution is 2.27. The minimum absolute atomic E-state index is 0.274. The van der Waals surface area contributed by atoms with Crippen molar-refractivity contribution in [3.8, 4) is 11.1 Å². The van der Waals surface area contributed by atoms with Crippen LogP contribution in [-0.4, -0.2) is 10.8 Å². The Morgan fingerprint density at radius 2 is 1.75 bits per heavy atom. The lowest BCUT2D eigenvalue weighted by atomic mass is 10.0. The molecule has 3 rings (SSSR count). The molecule has 1 aliphatic rings. The van der Waals surface area contributed by atoms with E-state index in [1.807, 2.05) is 24.3 Å². The molecule has 0 radical (unpaired) electrons. The Bertz CT molecular complexity index is 546. The summed E-state index contributed by atoms with van der Waals surface area (Å²) in [5.74, 6) is 0.274. The standard InChI is InChI=1S/C14H11NO/c16-14-4-2-12-9-11(1-3-13(12)14)10-5-7-15-8-6-10/h1,3,5-9H,2,4H2. The molecule has 2 heteroatoms. The average Bonchev–Trinajstić information content (AvgIpc) is 2.72. The highest BCUT2D eigenvalue weighted by atomic mass is 16.1. The third-order valence-electron chi connectivity index (χ3n) is 3.04. The normalized spacial score (nSPS) is 13.9. The Kier molecular flexibility index (Phi) is 2.07. The maximum absolute atomic E-state index is 11.5. The average molecular weight is 209 g/mol. The molecule has 16 heavy (non-hydrogen) atoms. The summed E-state index contributed by atoms with van der Waals surface area (Å²) in [7, 11) is 0. The number of carbonyl (C=O) groups excluding carboxylic acids is 1. The van der Waals surface area contributed by atoms with Crippen molar-refractivity contribution in [1.29, 1.82) is 0 Å². The third kappa shape index (κ3) is 1.43. The largest absolute Gasteiger partial charge is 0.294 e. The molecular formula is C14H11NO. The predicted octanol–water partition coefficient (Wildman–Crippen LogP) is 2.88. The monoisotopic (exact) mass is 209 g/mol. The Morgan fingerprint density at radius 3 is 2.56 bits per heavy atom. The summed E-state index contributed by atoms with van der Waals surface area (Å²) in [5.41, 5.74) is 4.39. The van der Waals surface area contributed by atoms with E-state index in [-0.39, 0.29) is 5.78 Å². The van der Waals surface area contributed by atoms with E-state index < -0.39 is 0 Å². The van der Waals surface area contributed by atoms with E-state index in [9.17, 15) is 4.79 Å². The summed E-state index contributed by atoms with van der Waals surface area (Å²) in [6, 6.07) is 10.0. The van der Waals surface area contributed by atoms with Crippen molar-refractivity contribution in [3.05, 3.63) is 53.9 Å². The molecule has 0 saturated carbocycles. The molecule has 0 atom stereocenters. The molecule has 2 nitrogen and oxygen atoms in total. The summed E-state index contributed by atoms with van der Waals surface area (Å²) in [6.45, 7) is 0. The summed E-state index contributed by atoms with van der Waals surface area (Å²) < 4.78 is 0. The Morgan fingerprint density at radius 1 is 0.938 bits per heavy atom. The summed E-state index contributed by atoms with van der Waals surface area (Å²) in [4.78, 5) is 15.5. The highest BCUT2D eigenvalue weighted by Gasteiger charge is 2.19. The molecule has 1 aromatic carbocycles. The van der Waals surface area contributed by atoms with Crippen LogP contribution in [0.2, 0.25) is 0 Å². The van der Waals surface area contributed by atoms with Gasteiger partial charge >= 0.3 is 0 Å². The Labute approximate surface area is 94.0 Å². The molecule has 0 saturated heterocycles. The number of Topliss-reactive ketones (excluding diaryl/α,β-unsaturated/α-hetero) is 1. The van der Waals surface area contributed by atoms with E-state index in [2.05, 4.69) is 11.1 Å². The fourth-order valence-electron chi connectivity index (χ4n) is 2.18. The van der Waals surface area contributed by atoms with E-state index in [0.29, 0.717) is 6.42 Å². The SMILES string of the molecule is O=C1CCc2cc(-c3ccncc3)ccc21. The van der Waals surface area contributed by atoms with Crippen molar-refractivity contribution in [1.82, 2.24) is 4.98 Å². The molecule has 0 N–H and O–H groups in total.